The van der Waals surface area contributed by atoms with Crippen LogP contribution in [0.1, 0.15) is 5.69 Å². The summed E-state index contributed by atoms with van der Waals surface area (Å²) in [6.07, 6.45) is 2.03. The normalized spacial score (nSPS) is 10.8. The van der Waals surface area contributed by atoms with Crippen LogP contribution in [0.5, 0.6) is 5.75 Å². The summed E-state index contributed by atoms with van der Waals surface area (Å²) in [7, 11) is 1.68. The van der Waals surface area contributed by atoms with Gasteiger partial charge in [-0.2, -0.15) is 0 Å². The van der Waals surface area contributed by atoms with Crippen molar-refractivity contribution in [2.75, 3.05) is 12.8 Å². The second-order valence-electron chi connectivity index (χ2n) is 4.53. The highest BCUT2D eigenvalue weighted by Gasteiger charge is 2.16. The Morgan fingerprint density at radius 3 is 2.53 bits per heavy atom. The summed E-state index contributed by atoms with van der Waals surface area (Å²) in [5, 5.41) is 0. The van der Waals surface area contributed by atoms with E-state index in [1.165, 1.54) is 0 Å². The molecular weight excluding hydrogens is 236 g/mol. The number of ether oxygens (including phenoxy) is 1. The molecule has 0 fully saturated rings. The van der Waals surface area contributed by atoms with E-state index >= 15 is 0 Å². The lowest BCUT2D eigenvalue weighted by molar-refractivity contribution is 0.416. The number of rotatable bonds is 2. The van der Waals surface area contributed by atoms with E-state index in [1.807, 2.05) is 48.7 Å². The predicted octanol–water partition coefficient (Wildman–Crippen LogP) is 3.51. The first-order valence-corrected chi connectivity index (χ1v) is 6.22. The van der Waals surface area contributed by atoms with Crippen molar-refractivity contribution < 1.29 is 4.74 Å². The molecule has 0 bridgehead atoms. The molecule has 0 atom stereocenters. The molecule has 19 heavy (non-hydrogen) atoms. The molecule has 3 rings (SSSR count). The van der Waals surface area contributed by atoms with Gasteiger partial charge in [-0.05, 0) is 25.1 Å². The van der Waals surface area contributed by atoms with Crippen molar-refractivity contribution in [2.24, 2.45) is 0 Å². The fraction of sp³-hybridized carbons (Fsp3) is 0.125. The van der Waals surface area contributed by atoms with Gasteiger partial charge in [0.05, 0.1) is 18.3 Å². The third-order valence-corrected chi connectivity index (χ3v) is 3.50. The average molecular weight is 252 g/mol. The first kappa shape index (κ1) is 11.7. The Labute approximate surface area is 112 Å². The molecule has 2 N–H and O–H groups in total. The number of methoxy groups -OCH3 is 1. The number of fused-ring (bicyclic) bond motifs is 1. The maximum absolute atomic E-state index is 6.32. The van der Waals surface area contributed by atoms with Gasteiger partial charge in [0.15, 0.2) is 0 Å². The molecule has 0 saturated heterocycles. The van der Waals surface area contributed by atoms with Gasteiger partial charge in [0.1, 0.15) is 5.75 Å². The lowest BCUT2D eigenvalue weighted by Crippen LogP contribution is -1.91. The van der Waals surface area contributed by atoms with Crippen molar-refractivity contribution in [1.29, 1.82) is 0 Å². The number of para-hydroxylation sites is 1. The summed E-state index contributed by atoms with van der Waals surface area (Å²) in [6.45, 7) is 2.07. The summed E-state index contributed by atoms with van der Waals surface area (Å²) in [5.74, 6) is 0.841. The van der Waals surface area contributed by atoms with E-state index in [-0.39, 0.29) is 0 Å². The molecule has 2 heterocycles. The molecule has 0 spiro atoms. The lowest BCUT2D eigenvalue weighted by Gasteiger charge is -2.08. The molecule has 96 valence electrons. The van der Waals surface area contributed by atoms with Crippen molar-refractivity contribution in [3.63, 3.8) is 0 Å². The minimum atomic E-state index is 0.794. The first-order chi connectivity index (χ1) is 9.24. The quantitative estimate of drug-likeness (QED) is 0.758. The van der Waals surface area contributed by atoms with E-state index in [0.29, 0.717) is 0 Å². The number of pyridine rings is 1. The standard InChI is InChI=1S/C16H16N2O/c1-11-15(12-7-3-4-9-14(12)19-2)16(17)13-8-5-6-10-18(11)13/h3-10H,17H2,1-2H3. The number of benzene rings is 1. The molecule has 1 aromatic carbocycles. The molecule has 2 aromatic heterocycles. The van der Waals surface area contributed by atoms with Crippen LogP contribution >= 0.6 is 0 Å². The van der Waals surface area contributed by atoms with Crippen molar-refractivity contribution in [3.05, 3.63) is 54.4 Å². The first-order valence-electron chi connectivity index (χ1n) is 6.22. The van der Waals surface area contributed by atoms with Crippen LogP contribution in [0.3, 0.4) is 0 Å². The van der Waals surface area contributed by atoms with E-state index in [9.17, 15) is 0 Å². The third-order valence-electron chi connectivity index (χ3n) is 3.50. The van der Waals surface area contributed by atoms with Gasteiger partial charge in [0.25, 0.3) is 0 Å². The summed E-state index contributed by atoms with van der Waals surface area (Å²) in [5.41, 5.74) is 11.3. The summed E-state index contributed by atoms with van der Waals surface area (Å²) in [4.78, 5) is 0. The number of nitrogen functional groups attached to an aromatic ring is 1. The Kier molecular flexibility index (Phi) is 2.67. The number of aryl methyl sites for hydroxylation is 1. The fourth-order valence-corrected chi connectivity index (χ4v) is 2.59. The molecule has 0 aliphatic heterocycles. The van der Waals surface area contributed by atoms with Gasteiger partial charge in [0, 0.05) is 23.0 Å². The SMILES string of the molecule is COc1ccccc1-c1c(N)c2ccccn2c1C. The smallest absolute Gasteiger partial charge is 0.126 e. The monoisotopic (exact) mass is 252 g/mol. The maximum atomic E-state index is 6.32. The van der Waals surface area contributed by atoms with Crippen LogP contribution in [0.15, 0.2) is 48.7 Å². The molecule has 0 unspecified atom stereocenters. The number of nitrogens with zero attached hydrogens (tertiary/aromatic N) is 1. The number of hydrogen-bond donors (Lipinski definition) is 1. The lowest BCUT2D eigenvalue weighted by atomic mass is 10.0. The molecule has 3 nitrogen and oxygen atoms in total. The molecule has 0 aliphatic rings. The van der Waals surface area contributed by atoms with Crippen LogP contribution in [0, 0.1) is 6.92 Å². The van der Waals surface area contributed by atoms with Crippen LogP contribution in [0.4, 0.5) is 5.69 Å². The minimum absolute atomic E-state index is 0.794. The summed E-state index contributed by atoms with van der Waals surface area (Å²) in [6, 6.07) is 14.0. The number of hydrogen-bond acceptors (Lipinski definition) is 2. The predicted molar refractivity (Wildman–Crippen MR) is 78.5 cm³/mol. The van der Waals surface area contributed by atoms with E-state index in [2.05, 4.69) is 11.3 Å². The molecule has 3 heteroatoms. The second kappa shape index (κ2) is 4.35. The zero-order chi connectivity index (χ0) is 13.4. The second-order valence-corrected chi connectivity index (χ2v) is 4.53. The molecule has 0 amide bonds. The van der Waals surface area contributed by atoms with E-state index in [1.54, 1.807) is 7.11 Å². The minimum Gasteiger partial charge on any atom is -0.496 e. The summed E-state index contributed by atoms with van der Waals surface area (Å²) < 4.78 is 7.55. The average Bonchev–Trinajstić information content (AvgIpc) is 2.71. The van der Waals surface area contributed by atoms with Crippen LogP contribution < -0.4 is 10.5 Å². The van der Waals surface area contributed by atoms with Gasteiger partial charge in [0.2, 0.25) is 0 Å². The van der Waals surface area contributed by atoms with E-state index in [4.69, 9.17) is 10.5 Å². The van der Waals surface area contributed by atoms with Gasteiger partial charge in [-0.25, -0.2) is 0 Å². The van der Waals surface area contributed by atoms with Crippen molar-refractivity contribution in [1.82, 2.24) is 4.40 Å². The molecule has 0 aliphatic carbocycles. The number of nitrogens with two attached hydrogens (primary N) is 1. The Hall–Kier alpha value is -2.42. The third kappa shape index (κ3) is 1.66. The summed E-state index contributed by atoms with van der Waals surface area (Å²) >= 11 is 0. The molecule has 3 aromatic rings. The number of anilines is 1. The Morgan fingerprint density at radius 2 is 1.79 bits per heavy atom. The highest BCUT2D eigenvalue weighted by Crippen LogP contribution is 2.39. The highest BCUT2D eigenvalue weighted by molar-refractivity contribution is 5.92. The van der Waals surface area contributed by atoms with Gasteiger partial charge in [-0.15, -0.1) is 0 Å². The molecular formula is C16H16N2O. The molecule has 0 saturated carbocycles. The van der Waals surface area contributed by atoms with E-state index in [0.717, 1.165) is 33.8 Å². The van der Waals surface area contributed by atoms with Crippen molar-refractivity contribution in [3.8, 4) is 16.9 Å². The van der Waals surface area contributed by atoms with Gasteiger partial charge in [-0.1, -0.05) is 24.3 Å². The van der Waals surface area contributed by atoms with Crippen molar-refractivity contribution in [2.45, 2.75) is 6.92 Å². The van der Waals surface area contributed by atoms with Crippen LogP contribution in [0.2, 0.25) is 0 Å². The van der Waals surface area contributed by atoms with Crippen LogP contribution in [0.25, 0.3) is 16.6 Å². The van der Waals surface area contributed by atoms with Crippen molar-refractivity contribution >= 4 is 11.2 Å². The highest BCUT2D eigenvalue weighted by atomic mass is 16.5. The van der Waals surface area contributed by atoms with Crippen LogP contribution in [-0.4, -0.2) is 11.5 Å². The topological polar surface area (TPSA) is 39.7 Å². The fourth-order valence-electron chi connectivity index (χ4n) is 2.59. The Balaban J connectivity index is 2.37. The van der Waals surface area contributed by atoms with Gasteiger partial charge < -0.3 is 14.9 Å². The molecule has 0 radical (unpaired) electrons. The maximum Gasteiger partial charge on any atom is 0.126 e. The van der Waals surface area contributed by atoms with Crippen LogP contribution in [-0.2, 0) is 0 Å². The zero-order valence-electron chi connectivity index (χ0n) is 11.1. The Morgan fingerprint density at radius 1 is 1.05 bits per heavy atom. The van der Waals surface area contributed by atoms with Gasteiger partial charge >= 0.3 is 0 Å². The van der Waals surface area contributed by atoms with Gasteiger partial charge in [-0.3, -0.25) is 0 Å². The van der Waals surface area contributed by atoms with E-state index < -0.39 is 0 Å². The largest absolute Gasteiger partial charge is 0.496 e. The Bertz CT molecular complexity index is 705. The zero-order valence-corrected chi connectivity index (χ0v) is 11.1. The number of aromatic nitrogens is 1.